The number of nitrogens with one attached hydrogen (secondary N) is 1. The monoisotopic (exact) mass is 262 g/mol. The van der Waals surface area contributed by atoms with Crippen LogP contribution in [-0.2, 0) is 11.0 Å². The number of hydrogen-bond acceptors (Lipinski definition) is 2. The molecular formula is C14H22N2OSi. The zero-order valence-corrected chi connectivity index (χ0v) is 12.9. The molecule has 0 spiro atoms. The van der Waals surface area contributed by atoms with Gasteiger partial charge in [0.2, 0.25) is 0 Å². The number of para-hydroxylation sites is 2. The van der Waals surface area contributed by atoms with Crippen molar-refractivity contribution in [1.82, 2.24) is 9.97 Å². The molecule has 0 aliphatic rings. The standard InChI is InChI=1S/C14H22N2OSi/c1-14(2,3)18(4,5)17-10-13-15-11-8-6-7-9-12(11)16-13/h6-9H,10H2,1-5H3,(H,15,16). The van der Waals surface area contributed by atoms with Gasteiger partial charge in [-0.15, -0.1) is 0 Å². The summed E-state index contributed by atoms with van der Waals surface area (Å²) in [6.45, 7) is 11.8. The molecule has 0 amide bonds. The summed E-state index contributed by atoms with van der Waals surface area (Å²) in [4.78, 5) is 7.85. The van der Waals surface area contributed by atoms with Crippen LogP contribution >= 0.6 is 0 Å². The van der Waals surface area contributed by atoms with E-state index in [4.69, 9.17) is 4.43 Å². The Kier molecular flexibility index (Phi) is 3.34. The van der Waals surface area contributed by atoms with E-state index in [0.29, 0.717) is 6.61 Å². The molecule has 2 aromatic rings. The van der Waals surface area contributed by atoms with Crippen LogP contribution in [0.5, 0.6) is 0 Å². The fourth-order valence-electron chi connectivity index (χ4n) is 1.54. The van der Waals surface area contributed by atoms with Gasteiger partial charge < -0.3 is 9.41 Å². The van der Waals surface area contributed by atoms with Crippen LogP contribution in [0.3, 0.4) is 0 Å². The molecule has 18 heavy (non-hydrogen) atoms. The first kappa shape index (κ1) is 13.3. The maximum absolute atomic E-state index is 6.15. The molecular weight excluding hydrogens is 240 g/mol. The molecule has 0 radical (unpaired) electrons. The van der Waals surface area contributed by atoms with E-state index in [-0.39, 0.29) is 5.04 Å². The van der Waals surface area contributed by atoms with E-state index in [0.717, 1.165) is 16.9 Å². The summed E-state index contributed by atoms with van der Waals surface area (Å²) in [5.41, 5.74) is 2.08. The highest BCUT2D eigenvalue weighted by atomic mass is 28.4. The van der Waals surface area contributed by atoms with Gasteiger partial charge in [-0.2, -0.15) is 0 Å². The Morgan fingerprint density at radius 2 is 1.89 bits per heavy atom. The minimum atomic E-state index is -1.70. The third-order valence-corrected chi connectivity index (χ3v) is 8.29. The van der Waals surface area contributed by atoms with Crippen molar-refractivity contribution in [3.63, 3.8) is 0 Å². The molecule has 2 rings (SSSR count). The summed E-state index contributed by atoms with van der Waals surface area (Å²) in [5.74, 6) is 0.918. The topological polar surface area (TPSA) is 37.9 Å². The van der Waals surface area contributed by atoms with Crippen molar-refractivity contribution < 1.29 is 4.43 Å². The smallest absolute Gasteiger partial charge is 0.192 e. The lowest BCUT2D eigenvalue weighted by Crippen LogP contribution is -2.40. The van der Waals surface area contributed by atoms with Crippen molar-refractivity contribution in [2.75, 3.05) is 0 Å². The van der Waals surface area contributed by atoms with Gasteiger partial charge in [-0.05, 0) is 30.3 Å². The fraction of sp³-hybridized carbons (Fsp3) is 0.500. The van der Waals surface area contributed by atoms with Crippen molar-refractivity contribution in [3.8, 4) is 0 Å². The average molecular weight is 262 g/mol. The van der Waals surface area contributed by atoms with Crippen LogP contribution in [0.1, 0.15) is 26.6 Å². The van der Waals surface area contributed by atoms with Gasteiger partial charge in [-0.3, -0.25) is 0 Å². The summed E-state index contributed by atoms with van der Waals surface area (Å²) in [7, 11) is -1.70. The van der Waals surface area contributed by atoms with Crippen LogP contribution in [0, 0.1) is 0 Å². The largest absolute Gasteiger partial charge is 0.409 e. The zero-order valence-electron chi connectivity index (χ0n) is 11.9. The molecule has 1 heterocycles. The van der Waals surface area contributed by atoms with Crippen LogP contribution in [0.4, 0.5) is 0 Å². The molecule has 1 N–H and O–H groups in total. The molecule has 0 saturated heterocycles. The summed E-state index contributed by atoms with van der Waals surface area (Å²) in [6.07, 6.45) is 0. The van der Waals surface area contributed by atoms with Crippen molar-refractivity contribution in [1.29, 1.82) is 0 Å². The summed E-state index contributed by atoms with van der Waals surface area (Å²) in [5, 5.41) is 0.235. The van der Waals surface area contributed by atoms with Crippen molar-refractivity contribution in [3.05, 3.63) is 30.1 Å². The van der Waals surface area contributed by atoms with Crippen LogP contribution in [0.25, 0.3) is 11.0 Å². The predicted octanol–water partition coefficient (Wildman–Crippen LogP) is 4.08. The molecule has 1 aromatic heterocycles. The minimum absolute atomic E-state index is 0.235. The molecule has 4 heteroatoms. The molecule has 0 aliphatic carbocycles. The lowest BCUT2D eigenvalue weighted by molar-refractivity contribution is 0.269. The first-order chi connectivity index (χ1) is 8.29. The van der Waals surface area contributed by atoms with E-state index in [1.54, 1.807) is 0 Å². The van der Waals surface area contributed by atoms with E-state index >= 15 is 0 Å². The number of imidazole rings is 1. The summed E-state index contributed by atoms with van der Waals surface area (Å²) in [6, 6.07) is 8.07. The maximum Gasteiger partial charge on any atom is 0.192 e. The van der Waals surface area contributed by atoms with Gasteiger partial charge in [0.25, 0.3) is 0 Å². The molecule has 0 unspecified atom stereocenters. The Hall–Kier alpha value is -1.13. The van der Waals surface area contributed by atoms with E-state index in [2.05, 4.69) is 43.8 Å². The molecule has 0 bridgehead atoms. The highest BCUT2D eigenvalue weighted by Gasteiger charge is 2.37. The Morgan fingerprint density at radius 1 is 1.22 bits per heavy atom. The Balaban J connectivity index is 2.11. The third kappa shape index (κ3) is 2.65. The number of rotatable bonds is 3. The van der Waals surface area contributed by atoms with Crippen LogP contribution in [0.2, 0.25) is 18.1 Å². The first-order valence-electron chi connectivity index (χ1n) is 6.37. The highest BCUT2D eigenvalue weighted by Crippen LogP contribution is 2.36. The molecule has 0 saturated carbocycles. The number of nitrogens with zero attached hydrogens (tertiary/aromatic N) is 1. The lowest BCUT2D eigenvalue weighted by atomic mass is 10.2. The maximum atomic E-state index is 6.15. The third-order valence-electron chi connectivity index (χ3n) is 3.81. The number of aromatic amines is 1. The average Bonchev–Trinajstić information content (AvgIpc) is 2.67. The van der Waals surface area contributed by atoms with Crippen LogP contribution < -0.4 is 0 Å². The Labute approximate surface area is 110 Å². The van der Waals surface area contributed by atoms with Crippen molar-refractivity contribution in [2.45, 2.75) is 45.5 Å². The molecule has 0 fully saturated rings. The molecule has 3 nitrogen and oxygen atoms in total. The summed E-state index contributed by atoms with van der Waals surface area (Å²) >= 11 is 0. The molecule has 1 aromatic carbocycles. The van der Waals surface area contributed by atoms with Gasteiger partial charge in [0.1, 0.15) is 5.82 Å². The van der Waals surface area contributed by atoms with E-state index in [1.165, 1.54) is 0 Å². The second-order valence-electron chi connectivity index (χ2n) is 6.25. The predicted molar refractivity (Wildman–Crippen MR) is 78.1 cm³/mol. The number of H-pyrrole nitrogens is 1. The quantitative estimate of drug-likeness (QED) is 0.846. The van der Waals surface area contributed by atoms with E-state index < -0.39 is 8.32 Å². The second-order valence-corrected chi connectivity index (χ2v) is 11.1. The SMILES string of the molecule is CC(C)(C)[Si](C)(C)OCc1nc2ccccc2[nH]1. The minimum Gasteiger partial charge on any atom is -0.409 e. The summed E-state index contributed by atoms with van der Waals surface area (Å²) < 4.78 is 6.15. The lowest BCUT2D eigenvalue weighted by Gasteiger charge is -2.35. The van der Waals surface area contributed by atoms with E-state index in [9.17, 15) is 0 Å². The number of benzene rings is 1. The van der Waals surface area contributed by atoms with Crippen molar-refractivity contribution >= 4 is 19.4 Å². The van der Waals surface area contributed by atoms with Gasteiger partial charge in [0.05, 0.1) is 17.6 Å². The Morgan fingerprint density at radius 3 is 2.50 bits per heavy atom. The number of fused-ring (bicyclic) bond motifs is 1. The molecule has 98 valence electrons. The van der Waals surface area contributed by atoms with Gasteiger partial charge >= 0.3 is 0 Å². The zero-order chi connectivity index (χ0) is 13.4. The Bertz CT molecular complexity index is 507. The molecule has 0 atom stereocenters. The van der Waals surface area contributed by atoms with Crippen molar-refractivity contribution in [2.24, 2.45) is 0 Å². The number of aromatic nitrogens is 2. The van der Waals surface area contributed by atoms with Crippen LogP contribution in [-0.4, -0.2) is 18.3 Å². The van der Waals surface area contributed by atoms with Gasteiger partial charge in [-0.25, -0.2) is 4.98 Å². The normalized spacial score (nSPS) is 13.2. The van der Waals surface area contributed by atoms with E-state index in [1.807, 2.05) is 24.3 Å². The number of hydrogen-bond donors (Lipinski definition) is 1. The van der Waals surface area contributed by atoms with Gasteiger partial charge in [0.15, 0.2) is 8.32 Å². The van der Waals surface area contributed by atoms with Gasteiger partial charge in [0, 0.05) is 0 Å². The highest BCUT2D eigenvalue weighted by molar-refractivity contribution is 6.74. The first-order valence-corrected chi connectivity index (χ1v) is 9.28. The second kappa shape index (κ2) is 4.52. The van der Waals surface area contributed by atoms with Crippen LogP contribution in [0.15, 0.2) is 24.3 Å². The fourth-order valence-corrected chi connectivity index (χ4v) is 2.47. The van der Waals surface area contributed by atoms with Gasteiger partial charge in [-0.1, -0.05) is 32.9 Å². The molecule has 0 aliphatic heterocycles.